The first kappa shape index (κ1) is 29.5. The summed E-state index contributed by atoms with van der Waals surface area (Å²) >= 11 is 0. The predicted molar refractivity (Wildman–Crippen MR) is 151 cm³/mol. The van der Waals surface area contributed by atoms with E-state index in [1.54, 1.807) is 18.2 Å². The molecule has 3 saturated carbocycles. The van der Waals surface area contributed by atoms with E-state index in [0.717, 1.165) is 25.7 Å². The highest BCUT2D eigenvalue weighted by Gasteiger charge is 2.80. The molecule has 3 unspecified atom stereocenters. The number of methoxy groups -OCH3 is 1. The van der Waals surface area contributed by atoms with Gasteiger partial charge < -0.3 is 24.8 Å². The van der Waals surface area contributed by atoms with Crippen LogP contribution in [0.1, 0.15) is 70.4 Å². The Balaban J connectivity index is 1.18. The molecule has 12 heteroatoms. The first-order valence-electron chi connectivity index (χ1n) is 15.2. The maximum Gasteiger partial charge on any atom is 0.405 e. The van der Waals surface area contributed by atoms with E-state index in [9.17, 15) is 14.4 Å². The van der Waals surface area contributed by atoms with Crippen molar-refractivity contribution in [3.8, 4) is 11.6 Å². The molecule has 1 aromatic heterocycles. The quantitative estimate of drug-likeness (QED) is 0.310. The van der Waals surface area contributed by atoms with E-state index in [0.29, 0.717) is 48.0 Å². The standard InChI is InChI=1S/C31H38F2N4O6/c1-18-13-19(18)5-3-4-9-31(32,33)26-27(36-23-14-21(42-2)6-7-22(23)35-26)43-12-8-20-17-37(25(39)16-34-28(40)41)30(15-24(30)38)29(20)10-11-29/h6-7,14,18-20,34H,3-5,8-13,15-17H2,1-2H3,(H,40,41)/t18?,19-,20?,30?/m1/s1. The number of benzene rings is 1. The minimum absolute atomic E-state index is 0.00971. The van der Waals surface area contributed by atoms with Gasteiger partial charge in [0.1, 0.15) is 17.8 Å². The topological polar surface area (TPSA) is 131 Å². The molecule has 2 aromatic rings. The summed E-state index contributed by atoms with van der Waals surface area (Å²) in [6, 6.07) is 4.88. The Morgan fingerprint density at radius 1 is 1.19 bits per heavy atom. The molecule has 3 aliphatic carbocycles. The van der Waals surface area contributed by atoms with Crippen molar-refractivity contribution in [3.63, 3.8) is 0 Å². The third-order valence-corrected chi connectivity index (χ3v) is 10.2. The Morgan fingerprint density at radius 2 is 1.93 bits per heavy atom. The monoisotopic (exact) mass is 600 g/mol. The Kier molecular flexibility index (Phi) is 7.45. The number of ether oxygens (including phenoxy) is 2. The van der Waals surface area contributed by atoms with Gasteiger partial charge in [-0.1, -0.05) is 19.8 Å². The Hall–Kier alpha value is -3.57. The van der Waals surface area contributed by atoms with Crippen LogP contribution in [0.3, 0.4) is 0 Å². The second-order valence-electron chi connectivity index (χ2n) is 12.8. The largest absolute Gasteiger partial charge is 0.497 e. The normalized spacial score (nSPS) is 26.7. The third-order valence-electron chi connectivity index (χ3n) is 10.2. The molecule has 6 rings (SSSR count). The lowest BCUT2D eigenvalue weighted by Crippen LogP contribution is -2.46. The van der Waals surface area contributed by atoms with Crippen LogP contribution in [0.15, 0.2) is 18.2 Å². The number of fused-ring (bicyclic) bond motifs is 2. The van der Waals surface area contributed by atoms with Crippen LogP contribution in [0.5, 0.6) is 11.6 Å². The summed E-state index contributed by atoms with van der Waals surface area (Å²) in [6.45, 7) is 2.13. The smallest absolute Gasteiger partial charge is 0.405 e. The number of rotatable bonds is 13. The van der Waals surface area contributed by atoms with Gasteiger partial charge in [0.15, 0.2) is 11.5 Å². The van der Waals surface area contributed by atoms with E-state index in [1.807, 2.05) is 0 Å². The molecule has 1 aliphatic heterocycles. The molecular weight excluding hydrogens is 562 g/mol. The van der Waals surface area contributed by atoms with Crippen LogP contribution in [-0.2, 0) is 15.5 Å². The molecule has 2 heterocycles. The maximum absolute atomic E-state index is 15.7. The predicted octanol–water partition coefficient (Wildman–Crippen LogP) is 4.93. The summed E-state index contributed by atoms with van der Waals surface area (Å²) in [5, 5.41) is 11.0. The first-order chi connectivity index (χ1) is 20.5. The van der Waals surface area contributed by atoms with E-state index in [-0.39, 0.29) is 42.4 Å². The molecule has 2 N–H and O–H groups in total. The van der Waals surface area contributed by atoms with Gasteiger partial charge in [0.25, 0.3) is 5.92 Å². The minimum Gasteiger partial charge on any atom is -0.497 e. The zero-order valence-corrected chi connectivity index (χ0v) is 24.5. The molecule has 2 spiro atoms. The second kappa shape index (κ2) is 10.9. The number of Topliss-reactive ketones (excluding diaryl/α,β-unsaturated/α-hetero) is 1. The fourth-order valence-electron chi connectivity index (χ4n) is 7.39. The zero-order chi connectivity index (χ0) is 30.6. The summed E-state index contributed by atoms with van der Waals surface area (Å²) < 4.78 is 42.6. The summed E-state index contributed by atoms with van der Waals surface area (Å²) in [5.74, 6) is -2.13. The summed E-state index contributed by atoms with van der Waals surface area (Å²) in [7, 11) is 1.51. The fourth-order valence-corrected chi connectivity index (χ4v) is 7.39. The van der Waals surface area contributed by atoms with Crippen LogP contribution in [-0.4, -0.2) is 70.1 Å². The second-order valence-corrected chi connectivity index (χ2v) is 12.8. The molecule has 43 heavy (non-hydrogen) atoms. The van der Waals surface area contributed by atoms with Crippen LogP contribution >= 0.6 is 0 Å². The average Bonchev–Trinajstić information content (AvgIpc) is 3.91. The highest BCUT2D eigenvalue weighted by Crippen LogP contribution is 2.72. The number of nitrogens with one attached hydrogen (secondary N) is 1. The number of carbonyl (C=O) groups is 3. The Morgan fingerprint density at radius 3 is 2.56 bits per heavy atom. The van der Waals surface area contributed by atoms with Crippen LogP contribution in [0.4, 0.5) is 13.6 Å². The SMILES string of the molecule is COc1ccc2nc(C(F)(F)CCCC[C@@H]3CC3C)c(OCCC3CN(C(=O)CNC(=O)O)C4(CC4=O)C34CC4)nc2c1. The molecule has 10 nitrogen and oxygen atoms in total. The zero-order valence-electron chi connectivity index (χ0n) is 24.5. The number of amides is 2. The number of ketones is 1. The molecule has 2 amide bonds. The van der Waals surface area contributed by atoms with Gasteiger partial charge in [0, 0.05) is 30.9 Å². The van der Waals surface area contributed by atoms with Gasteiger partial charge in [-0.15, -0.1) is 0 Å². The van der Waals surface area contributed by atoms with Gasteiger partial charge in [-0.25, -0.2) is 14.8 Å². The summed E-state index contributed by atoms with van der Waals surface area (Å²) in [5.41, 5.74) is -1.05. The van der Waals surface area contributed by atoms with Gasteiger partial charge in [-0.05, 0) is 62.0 Å². The van der Waals surface area contributed by atoms with Crippen molar-refractivity contribution < 1.29 is 37.7 Å². The highest BCUT2D eigenvalue weighted by molar-refractivity contribution is 6.10. The van der Waals surface area contributed by atoms with E-state index in [4.69, 9.17) is 14.6 Å². The number of unbranched alkanes of at least 4 members (excludes halogenated alkanes) is 1. The summed E-state index contributed by atoms with van der Waals surface area (Å²) in [4.78, 5) is 46.8. The van der Waals surface area contributed by atoms with Crippen molar-refractivity contribution >= 4 is 28.8 Å². The summed E-state index contributed by atoms with van der Waals surface area (Å²) in [6.07, 6.45) is 3.83. The van der Waals surface area contributed by atoms with Crippen molar-refractivity contribution in [1.29, 1.82) is 0 Å². The number of likely N-dealkylation sites (tertiary alicyclic amines) is 1. The molecule has 1 saturated heterocycles. The number of hydrogen-bond acceptors (Lipinski definition) is 7. The van der Waals surface area contributed by atoms with E-state index >= 15 is 8.78 Å². The van der Waals surface area contributed by atoms with Crippen molar-refractivity contribution in [1.82, 2.24) is 20.2 Å². The van der Waals surface area contributed by atoms with Crippen LogP contribution in [0.2, 0.25) is 0 Å². The molecule has 232 valence electrons. The van der Waals surface area contributed by atoms with Crippen molar-refractivity contribution in [3.05, 3.63) is 23.9 Å². The number of carbonyl (C=O) groups excluding carboxylic acids is 2. The Labute approximate surface area is 248 Å². The number of nitrogens with zero attached hydrogens (tertiary/aromatic N) is 3. The van der Waals surface area contributed by atoms with Crippen molar-refractivity contribution in [2.45, 2.75) is 76.2 Å². The number of hydrogen-bond donors (Lipinski definition) is 2. The molecule has 4 fully saturated rings. The van der Waals surface area contributed by atoms with E-state index in [1.165, 1.54) is 18.4 Å². The van der Waals surface area contributed by atoms with Crippen LogP contribution in [0, 0.1) is 23.2 Å². The lowest BCUT2D eigenvalue weighted by atomic mass is 9.83. The van der Waals surface area contributed by atoms with Crippen LogP contribution < -0.4 is 14.8 Å². The lowest BCUT2D eigenvalue weighted by molar-refractivity contribution is -0.134. The molecule has 0 bridgehead atoms. The maximum atomic E-state index is 15.7. The number of aromatic nitrogens is 2. The molecule has 1 aromatic carbocycles. The van der Waals surface area contributed by atoms with Crippen molar-refractivity contribution in [2.24, 2.45) is 23.2 Å². The van der Waals surface area contributed by atoms with Gasteiger partial charge in [-0.2, -0.15) is 8.78 Å². The molecular formula is C31H38F2N4O6. The molecule has 4 atom stereocenters. The van der Waals surface area contributed by atoms with Crippen molar-refractivity contribution in [2.75, 3.05) is 26.8 Å². The number of halogens is 2. The average molecular weight is 601 g/mol. The fraction of sp³-hybridized carbons (Fsp3) is 0.645. The number of alkyl halides is 2. The minimum atomic E-state index is -3.23. The van der Waals surface area contributed by atoms with Crippen LogP contribution in [0.25, 0.3) is 11.0 Å². The van der Waals surface area contributed by atoms with Gasteiger partial charge in [-0.3, -0.25) is 9.59 Å². The van der Waals surface area contributed by atoms with E-state index in [2.05, 4.69) is 22.2 Å². The number of carboxylic acid groups (broad SMARTS) is 1. The van der Waals surface area contributed by atoms with E-state index < -0.39 is 35.7 Å². The Bertz CT molecular complexity index is 1450. The van der Waals surface area contributed by atoms with Gasteiger partial charge >= 0.3 is 6.09 Å². The third kappa shape index (κ3) is 5.37. The van der Waals surface area contributed by atoms with Gasteiger partial charge in [0.05, 0.1) is 24.8 Å². The highest BCUT2D eigenvalue weighted by atomic mass is 19.3. The van der Waals surface area contributed by atoms with Gasteiger partial charge in [0.2, 0.25) is 11.8 Å². The molecule has 0 radical (unpaired) electrons. The molecule has 4 aliphatic rings. The first-order valence-corrected chi connectivity index (χ1v) is 15.2. The lowest BCUT2D eigenvalue weighted by Gasteiger charge is -2.26.